The molecule has 0 unspecified atom stereocenters. The third kappa shape index (κ3) is 3.83. The lowest BCUT2D eigenvalue weighted by molar-refractivity contribution is 0.125. The van der Waals surface area contributed by atoms with Gasteiger partial charge in [0.2, 0.25) is 5.88 Å². The minimum atomic E-state index is -0.686. The van der Waals surface area contributed by atoms with Crippen LogP contribution in [0.1, 0.15) is 20.8 Å². The topological polar surface area (TPSA) is 68.5 Å². The van der Waals surface area contributed by atoms with Gasteiger partial charge in [-0.25, -0.2) is 0 Å². The number of ether oxygens (including phenoxy) is 1. The van der Waals surface area contributed by atoms with Gasteiger partial charge in [0.15, 0.2) is 0 Å². The van der Waals surface area contributed by atoms with Gasteiger partial charge in [-0.15, -0.1) is 0 Å². The van der Waals surface area contributed by atoms with Crippen LogP contribution in [0.15, 0.2) is 12.1 Å². The molecule has 0 spiro atoms. The lowest BCUT2D eigenvalue weighted by atomic mass is 10.2. The number of hydrogen-bond acceptors (Lipinski definition) is 5. The zero-order valence-corrected chi connectivity index (χ0v) is 12.5. The highest BCUT2D eigenvalue weighted by atomic mass is 32.2. The Bertz CT molecular complexity index is 475. The second kappa shape index (κ2) is 5.36. The van der Waals surface area contributed by atoms with E-state index >= 15 is 0 Å². The fraction of sp³-hybridized carbons (Fsp3) is 0.615. The van der Waals surface area contributed by atoms with Gasteiger partial charge in [-0.05, 0) is 32.9 Å². The first-order valence-electron chi connectivity index (χ1n) is 6.40. The molecule has 0 saturated carbocycles. The van der Waals surface area contributed by atoms with Crippen LogP contribution in [0.25, 0.3) is 0 Å². The number of aromatic nitrogens is 1. The normalized spacial score (nSPS) is 17.5. The second-order valence-corrected chi connectivity index (χ2v) is 7.31. The quantitative estimate of drug-likeness (QED) is 0.889. The highest BCUT2D eigenvalue weighted by molar-refractivity contribution is 7.85. The summed E-state index contributed by atoms with van der Waals surface area (Å²) in [6.45, 7) is 7.41. The predicted octanol–water partition coefficient (Wildman–Crippen LogP) is 1.41. The lowest BCUT2D eigenvalue weighted by Crippen LogP contribution is -2.38. The molecule has 0 bridgehead atoms. The molecule has 5 nitrogen and oxygen atoms in total. The first-order valence-corrected chi connectivity index (χ1v) is 7.89. The number of nitrogens with zero attached hydrogens (tertiary/aromatic N) is 2. The summed E-state index contributed by atoms with van der Waals surface area (Å²) in [5.41, 5.74) is 6.10. The van der Waals surface area contributed by atoms with Gasteiger partial charge in [0.05, 0.1) is 5.69 Å². The Morgan fingerprint density at radius 2 is 1.95 bits per heavy atom. The van der Waals surface area contributed by atoms with Crippen LogP contribution in [-0.4, -0.2) is 39.4 Å². The summed E-state index contributed by atoms with van der Waals surface area (Å²) in [6.07, 6.45) is 0. The maximum Gasteiger partial charge on any atom is 0.239 e. The molecule has 0 atom stereocenters. The number of nitrogens with two attached hydrogens (primary N) is 1. The maximum absolute atomic E-state index is 11.4. The van der Waals surface area contributed by atoms with E-state index in [2.05, 4.69) is 9.88 Å². The predicted molar refractivity (Wildman–Crippen MR) is 79.1 cm³/mol. The van der Waals surface area contributed by atoms with Crippen LogP contribution in [-0.2, 0) is 10.8 Å². The molecule has 1 aliphatic heterocycles. The average molecular weight is 283 g/mol. The van der Waals surface area contributed by atoms with E-state index in [0.717, 1.165) is 18.9 Å². The Kier molecular flexibility index (Phi) is 3.99. The second-order valence-electron chi connectivity index (χ2n) is 5.61. The third-order valence-electron chi connectivity index (χ3n) is 2.78. The van der Waals surface area contributed by atoms with Gasteiger partial charge in [-0.3, -0.25) is 4.21 Å². The summed E-state index contributed by atoms with van der Waals surface area (Å²) < 4.78 is 17.1. The molecule has 2 heterocycles. The van der Waals surface area contributed by atoms with Crippen molar-refractivity contribution in [2.24, 2.45) is 0 Å². The molecule has 6 heteroatoms. The van der Waals surface area contributed by atoms with E-state index in [1.165, 1.54) is 0 Å². The van der Waals surface area contributed by atoms with E-state index in [4.69, 9.17) is 10.5 Å². The summed E-state index contributed by atoms with van der Waals surface area (Å²) in [4.78, 5) is 6.61. The number of nitrogen functional groups attached to an aromatic ring is 1. The number of rotatable bonds is 2. The van der Waals surface area contributed by atoms with Crippen molar-refractivity contribution >= 4 is 22.3 Å². The van der Waals surface area contributed by atoms with E-state index in [9.17, 15) is 4.21 Å². The molecule has 2 rings (SSSR count). The maximum atomic E-state index is 11.4. The number of hydrogen-bond donors (Lipinski definition) is 1. The van der Waals surface area contributed by atoms with Crippen molar-refractivity contribution in [3.05, 3.63) is 12.1 Å². The molecule has 1 aromatic rings. The molecule has 19 heavy (non-hydrogen) atoms. The van der Waals surface area contributed by atoms with Crippen molar-refractivity contribution in [3.8, 4) is 5.88 Å². The minimum Gasteiger partial charge on any atom is -0.470 e. The Morgan fingerprint density at radius 1 is 1.32 bits per heavy atom. The Morgan fingerprint density at radius 3 is 2.53 bits per heavy atom. The van der Waals surface area contributed by atoms with Crippen molar-refractivity contribution in [2.75, 3.05) is 35.2 Å². The van der Waals surface area contributed by atoms with E-state index in [1.807, 2.05) is 32.9 Å². The molecule has 0 aromatic carbocycles. The van der Waals surface area contributed by atoms with Gasteiger partial charge in [0, 0.05) is 35.4 Å². The summed E-state index contributed by atoms with van der Waals surface area (Å²) in [6, 6.07) is 3.70. The highest BCUT2D eigenvalue weighted by Crippen LogP contribution is 2.26. The van der Waals surface area contributed by atoms with Gasteiger partial charge in [0.1, 0.15) is 11.4 Å². The van der Waals surface area contributed by atoms with Gasteiger partial charge in [-0.1, -0.05) is 0 Å². The smallest absolute Gasteiger partial charge is 0.239 e. The zero-order chi connectivity index (χ0) is 14.0. The van der Waals surface area contributed by atoms with E-state index in [1.54, 1.807) is 0 Å². The molecule has 1 aromatic heterocycles. The first-order chi connectivity index (χ1) is 8.85. The fourth-order valence-electron chi connectivity index (χ4n) is 1.86. The van der Waals surface area contributed by atoms with Gasteiger partial charge in [-0.2, -0.15) is 4.98 Å². The fourth-order valence-corrected chi connectivity index (χ4v) is 2.91. The molecule has 106 valence electrons. The standard InChI is InChI=1S/C13H21N3O2S/c1-13(2,3)18-12-10(14)4-5-11(15-12)16-6-8-19(17)9-7-16/h4-5H,6-9,14H2,1-3H3. The van der Waals surface area contributed by atoms with Crippen molar-refractivity contribution in [1.82, 2.24) is 4.98 Å². The SMILES string of the molecule is CC(C)(C)Oc1nc(N2CCS(=O)CC2)ccc1N. The Hall–Kier alpha value is -1.30. The van der Waals surface area contributed by atoms with Crippen LogP contribution in [0.3, 0.4) is 0 Å². The Labute approximate surface area is 116 Å². The first kappa shape index (κ1) is 14.1. The molecular weight excluding hydrogens is 262 g/mol. The van der Waals surface area contributed by atoms with Gasteiger partial charge in [0.25, 0.3) is 0 Å². The molecule has 0 amide bonds. The molecular formula is C13H21N3O2S. The van der Waals surface area contributed by atoms with Crippen molar-refractivity contribution < 1.29 is 8.95 Å². The average Bonchev–Trinajstić information content (AvgIpc) is 2.31. The minimum absolute atomic E-state index is 0.330. The van der Waals surface area contributed by atoms with Crippen LogP contribution < -0.4 is 15.4 Å². The summed E-state index contributed by atoms with van der Waals surface area (Å²) >= 11 is 0. The Balaban J connectivity index is 2.18. The van der Waals surface area contributed by atoms with Crippen molar-refractivity contribution in [3.63, 3.8) is 0 Å². The van der Waals surface area contributed by atoms with E-state index in [-0.39, 0.29) is 5.60 Å². The van der Waals surface area contributed by atoms with Crippen LogP contribution in [0, 0.1) is 0 Å². The molecule has 1 aliphatic rings. The largest absolute Gasteiger partial charge is 0.470 e. The van der Waals surface area contributed by atoms with Crippen LogP contribution in [0.2, 0.25) is 0 Å². The molecule has 1 saturated heterocycles. The molecule has 0 radical (unpaired) electrons. The molecule has 0 aliphatic carbocycles. The molecule has 1 fully saturated rings. The van der Waals surface area contributed by atoms with Gasteiger partial charge >= 0.3 is 0 Å². The highest BCUT2D eigenvalue weighted by Gasteiger charge is 2.20. The van der Waals surface area contributed by atoms with Crippen molar-refractivity contribution in [1.29, 1.82) is 0 Å². The van der Waals surface area contributed by atoms with E-state index < -0.39 is 10.8 Å². The van der Waals surface area contributed by atoms with Crippen molar-refractivity contribution in [2.45, 2.75) is 26.4 Å². The zero-order valence-electron chi connectivity index (χ0n) is 11.7. The summed E-state index contributed by atoms with van der Waals surface area (Å²) in [5, 5.41) is 0. The van der Waals surface area contributed by atoms with Crippen LogP contribution in [0.5, 0.6) is 5.88 Å². The summed E-state index contributed by atoms with van der Waals surface area (Å²) in [7, 11) is -0.686. The third-order valence-corrected chi connectivity index (χ3v) is 4.06. The summed E-state index contributed by atoms with van der Waals surface area (Å²) in [5.74, 6) is 2.70. The van der Waals surface area contributed by atoms with Crippen LogP contribution >= 0.6 is 0 Å². The lowest BCUT2D eigenvalue weighted by Gasteiger charge is -2.28. The van der Waals surface area contributed by atoms with E-state index in [0.29, 0.717) is 23.1 Å². The van der Waals surface area contributed by atoms with Crippen LogP contribution in [0.4, 0.5) is 11.5 Å². The monoisotopic (exact) mass is 283 g/mol. The molecule has 2 N–H and O–H groups in total. The van der Waals surface area contributed by atoms with Gasteiger partial charge < -0.3 is 15.4 Å². The number of pyridine rings is 1. The number of anilines is 2.